The number of aromatic nitrogens is 1. The Labute approximate surface area is 156 Å². The number of hydrogen-bond donors (Lipinski definition) is 0. The van der Waals surface area contributed by atoms with E-state index in [1.165, 1.54) is 13.2 Å². The second-order valence-corrected chi connectivity index (χ2v) is 6.90. The highest BCUT2D eigenvalue weighted by atomic mass is 16.6. The zero-order chi connectivity index (χ0) is 20.0. The first-order chi connectivity index (χ1) is 12.7. The van der Waals surface area contributed by atoms with Crippen LogP contribution in [-0.4, -0.2) is 60.5 Å². The number of ether oxygens (including phenoxy) is 3. The third kappa shape index (κ3) is 6.02. The molecule has 1 atom stereocenters. The van der Waals surface area contributed by atoms with Gasteiger partial charge in [0, 0.05) is 31.0 Å². The number of nitrogens with zero attached hydrogens (tertiary/aromatic N) is 2. The van der Waals surface area contributed by atoms with Crippen molar-refractivity contribution in [1.82, 2.24) is 10.1 Å². The zero-order valence-electron chi connectivity index (χ0n) is 15.7. The standard InChI is InChI=1S/C18H22N2O7/c1-18(2,3)26-17(23)20-8-7-12(11-20)13-10-14(27-19-13)16(22)25-9-5-6-15(21)24-4/h10,12H,7-9,11H2,1-4H3. The van der Waals surface area contributed by atoms with E-state index in [2.05, 4.69) is 21.7 Å². The largest absolute Gasteiger partial charge is 0.459 e. The number of esters is 2. The third-order valence-corrected chi connectivity index (χ3v) is 3.64. The van der Waals surface area contributed by atoms with Crippen LogP contribution in [0.2, 0.25) is 0 Å². The van der Waals surface area contributed by atoms with Gasteiger partial charge in [0.15, 0.2) is 6.61 Å². The van der Waals surface area contributed by atoms with E-state index in [0.717, 1.165) is 0 Å². The molecule has 1 amide bonds. The molecule has 0 saturated carbocycles. The van der Waals surface area contributed by atoms with Gasteiger partial charge in [-0.2, -0.15) is 0 Å². The highest BCUT2D eigenvalue weighted by molar-refractivity contribution is 5.88. The van der Waals surface area contributed by atoms with Gasteiger partial charge in [-0.1, -0.05) is 5.16 Å². The van der Waals surface area contributed by atoms with Crippen LogP contribution in [0.25, 0.3) is 0 Å². The molecule has 1 unspecified atom stereocenters. The molecule has 0 N–H and O–H groups in total. The average Bonchev–Trinajstić information content (AvgIpc) is 3.25. The van der Waals surface area contributed by atoms with Crippen molar-refractivity contribution in [2.75, 3.05) is 26.8 Å². The molecule has 0 bridgehead atoms. The Balaban J connectivity index is 1.88. The van der Waals surface area contributed by atoms with Crippen molar-refractivity contribution in [1.29, 1.82) is 0 Å². The van der Waals surface area contributed by atoms with Crippen molar-refractivity contribution in [2.45, 2.75) is 38.7 Å². The molecule has 1 saturated heterocycles. The summed E-state index contributed by atoms with van der Waals surface area (Å²) in [5.41, 5.74) is 0.00479. The topological polar surface area (TPSA) is 108 Å². The van der Waals surface area contributed by atoms with Crippen LogP contribution >= 0.6 is 0 Å². The Hall–Kier alpha value is -3.02. The van der Waals surface area contributed by atoms with E-state index in [-0.39, 0.29) is 24.4 Å². The van der Waals surface area contributed by atoms with Gasteiger partial charge in [0.1, 0.15) is 5.60 Å². The van der Waals surface area contributed by atoms with E-state index < -0.39 is 17.5 Å². The first kappa shape index (κ1) is 20.3. The molecule has 9 heteroatoms. The molecular weight excluding hydrogens is 356 g/mol. The van der Waals surface area contributed by atoms with Crippen molar-refractivity contribution in [3.05, 3.63) is 17.5 Å². The van der Waals surface area contributed by atoms with E-state index >= 15 is 0 Å². The lowest BCUT2D eigenvalue weighted by atomic mass is 10.1. The highest BCUT2D eigenvalue weighted by Crippen LogP contribution is 2.28. The summed E-state index contributed by atoms with van der Waals surface area (Å²) in [5, 5.41) is 3.89. The molecule has 27 heavy (non-hydrogen) atoms. The fourth-order valence-electron chi connectivity index (χ4n) is 2.40. The second-order valence-electron chi connectivity index (χ2n) is 6.90. The van der Waals surface area contributed by atoms with Crippen LogP contribution in [0.15, 0.2) is 10.6 Å². The predicted octanol–water partition coefficient (Wildman–Crippen LogP) is 1.73. The van der Waals surface area contributed by atoms with Gasteiger partial charge in [-0.3, -0.25) is 0 Å². The maximum atomic E-state index is 12.1. The Morgan fingerprint density at radius 1 is 1.37 bits per heavy atom. The van der Waals surface area contributed by atoms with Crippen LogP contribution in [0, 0.1) is 11.8 Å². The number of amides is 1. The molecule has 0 radical (unpaired) electrons. The Morgan fingerprint density at radius 3 is 2.78 bits per heavy atom. The molecule has 1 aliphatic rings. The van der Waals surface area contributed by atoms with Gasteiger partial charge in [-0.15, -0.1) is 0 Å². The van der Waals surface area contributed by atoms with E-state index in [1.807, 2.05) is 20.8 Å². The summed E-state index contributed by atoms with van der Waals surface area (Å²) in [7, 11) is 1.20. The Morgan fingerprint density at radius 2 is 2.11 bits per heavy atom. The van der Waals surface area contributed by atoms with Crippen LogP contribution in [0.4, 0.5) is 4.79 Å². The summed E-state index contributed by atoms with van der Waals surface area (Å²) >= 11 is 0. The molecule has 2 heterocycles. The quantitative estimate of drug-likeness (QED) is 0.339. The molecule has 0 aliphatic carbocycles. The minimum atomic E-state index is -0.741. The molecule has 1 aromatic rings. The summed E-state index contributed by atoms with van der Waals surface area (Å²) in [4.78, 5) is 36.4. The van der Waals surface area contributed by atoms with Crippen molar-refractivity contribution in [3.8, 4) is 11.8 Å². The van der Waals surface area contributed by atoms with Gasteiger partial charge in [0.2, 0.25) is 5.76 Å². The van der Waals surface area contributed by atoms with Crippen LogP contribution < -0.4 is 0 Å². The molecule has 9 nitrogen and oxygen atoms in total. The minimum absolute atomic E-state index is 0.0538. The predicted molar refractivity (Wildman–Crippen MR) is 91.7 cm³/mol. The number of likely N-dealkylation sites (tertiary alicyclic amines) is 1. The molecule has 0 aromatic carbocycles. The van der Waals surface area contributed by atoms with E-state index in [9.17, 15) is 14.4 Å². The number of carbonyl (C=O) groups is 3. The van der Waals surface area contributed by atoms with Crippen molar-refractivity contribution >= 4 is 18.0 Å². The SMILES string of the molecule is COC(=O)C#CCOC(=O)c1cc(C2CCN(C(=O)OC(C)(C)C)C2)no1. The average molecular weight is 378 g/mol. The van der Waals surface area contributed by atoms with Gasteiger partial charge in [-0.25, -0.2) is 14.4 Å². The summed E-state index contributed by atoms with van der Waals surface area (Å²) in [6.45, 7) is 6.12. The lowest BCUT2D eigenvalue weighted by Gasteiger charge is -2.24. The minimum Gasteiger partial charge on any atom is -0.459 e. The molecule has 146 valence electrons. The third-order valence-electron chi connectivity index (χ3n) is 3.64. The second kappa shape index (κ2) is 8.58. The molecule has 1 fully saturated rings. The summed E-state index contributed by atoms with van der Waals surface area (Å²) in [6.07, 6.45) is 0.308. The molecule has 0 spiro atoms. The molecule has 1 aromatic heterocycles. The summed E-state index contributed by atoms with van der Waals surface area (Å²) in [6, 6.07) is 1.49. The number of hydrogen-bond acceptors (Lipinski definition) is 8. The Kier molecular flexibility index (Phi) is 6.45. The summed E-state index contributed by atoms with van der Waals surface area (Å²) < 4.78 is 19.6. The zero-order valence-corrected chi connectivity index (χ0v) is 15.7. The van der Waals surface area contributed by atoms with E-state index in [0.29, 0.717) is 25.2 Å². The van der Waals surface area contributed by atoms with Gasteiger partial charge in [0.05, 0.1) is 12.8 Å². The van der Waals surface area contributed by atoms with Gasteiger partial charge in [0.25, 0.3) is 0 Å². The fraction of sp³-hybridized carbons (Fsp3) is 0.556. The monoisotopic (exact) mass is 378 g/mol. The lowest BCUT2D eigenvalue weighted by molar-refractivity contribution is -0.133. The molecule has 1 aliphatic heterocycles. The Bertz CT molecular complexity index is 767. The van der Waals surface area contributed by atoms with E-state index in [4.69, 9.17) is 14.0 Å². The van der Waals surface area contributed by atoms with E-state index in [1.54, 1.807) is 4.90 Å². The van der Waals surface area contributed by atoms with Gasteiger partial charge >= 0.3 is 18.0 Å². The molecule has 2 rings (SSSR count). The summed E-state index contributed by atoms with van der Waals surface area (Å²) in [5.74, 6) is 2.90. The first-order valence-electron chi connectivity index (χ1n) is 8.38. The van der Waals surface area contributed by atoms with Crippen LogP contribution in [0.1, 0.15) is 49.4 Å². The first-order valence-corrected chi connectivity index (χ1v) is 8.38. The normalized spacial score (nSPS) is 16.3. The lowest BCUT2D eigenvalue weighted by Crippen LogP contribution is -2.35. The van der Waals surface area contributed by atoms with Gasteiger partial charge < -0.3 is 23.6 Å². The van der Waals surface area contributed by atoms with Crippen molar-refractivity contribution in [2.24, 2.45) is 0 Å². The van der Waals surface area contributed by atoms with Crippen molar-refractivity contribution in [3.63, 3.8) is 0 Å². The van der Waals surface area contributed by atoms with Gasteiger partial charge in [-0.05, 0) is 33.1 Å². The number of carbonyl (C=O) groups excluding carboxylic acids is 3. The van der Waals surface area contributed by atoms with Crippen LogP contribution in [0.5, 0.6) is 0 Å². The maximum absolute atomic E-state index is 12.1. The van der Waals surface area contributed by atoms with Crippen LogP contribution in [-0.2, 0) is 19.0 Å². The number of rotatable bonds is 3. The highest BCUT2D eigenvalue weighted by Gasteiger charge is 2.32. The van der Waals surface area contributed by atoms with Crippen LogP contribution in [0.3, 0.4) is 0 Å². The fourth-order valence-corrected chi connectivity index (χ4v) is 2.40. The maximum Gasteiger partial charge on any atom is 0.410 e. The van der Waals surface area contributed by atoms with Crippen molar-refractivity contribution < 1.29 is 33.1 Å². The number of methoxy groups -OCH3 is 1. The molecular formula is C18H22N2O7. The smallest absolute Gasteiger partial charge is 0.410 e.